The van der Waals surface area contributed by atoms with Crippen molar-refractivity contribution in [1.82, 2.24) is 9.97 Å². The first-order chi connectivity index (χ1) is 9.95. The molecule has 108 valence electrons. The quantitative estimate of drug-likeness (QED) is 0.610. The molecule has 0 atom stereocenters. The van der Waals surface area contributed by atoms with Gasteiger partial charge in [0, 0.05) is 11.3 Å². The summed E-state index contributed by atoms with van der Waals surface area (Å²) in [6.07, 6.45) is 0.715. The minimum Gasteiger partial charge on any atom is -0.222 e. The predicted octanol–water partition coefficient (Wildman–Crippen LogP) is 5.17. The van der Waals surface area contributed by atoms with E-state index in [1.165, 1.54) is 27.1 Å². The maximum Gasteiger partial charge on any atom is 0.141 e. The van der Waals surface area contributed by atoms with Crippen LogP contribution in [0.4, 0.5) is 0 Å². The summed E-state index contributed by atoms with van der Waals surface area (Å²) in [4.78, 5) is 11.4. The van der Waals surface area contributed by atoms with Gasteiger partial charge in [0.2, 0.25) is 0 Å². The van der Waals surface area contributed by atoms with E-state index in [0.29, 0.717) is 11.6 Å². The number of halogens is 1. The second-order valence-corrected chi connectivity index (χ2v) is 7.05. The number of hydrogen-bond acceptors (Lipinski definition) is 3. The van der Waals surface area contributed by atoms with Crippen LogP contribution in [-0.4, -0.2) is 9.97 Å². The number of aryl methyl sites for hydroxylation is 4. The van der Waals surface area contributed by atoms with Crippen molar-refractivity contribution in [1.29, 1.82) is 0 Å². The third-order valence-corrected chi connectivity index (χ3v) is 5.34. The Morgan fingerprint density at radius 3 is 2.52 bits per heavy atom. The average molecular weight is 317 g/mol. The molecule has 0 amide bonds. The summed E-state index contributed by atoms with van der Waals surface area (Å²) in [6.45, 7) is 8.42. The molecule has 0 fully saturated rings. The summed E-state index contributed by atoms with van der Waals surface area (Å²) < 4.78 is 0. The fourth-order valence-electron chi connectivity index (χ4n) is 2.42. The normalized spacial score (nSPS) is 11.3. The maximum absolute atomic E-state index is 6.36. The van der Waals surface area contributed by atoms with E-state index in [0.717, 1.165) is 16.0 Å². The van der Waals surface area contributed by atoms with Crippen LogP contribution in [0.1, 0.15) is 33.0 Å². The van der Waals surface area contributed by atoms with Crippen molar-refractivity contribution in [2.75, 3.05) is 0 Å². The van der Waals surface area contributed by atoms with Gasteiger partial charge in [0.15, 0.2) is 0 Å². The number of aromatic nitrogens is 2. The first-order valence-electron chi connectivity index (χ1n) is 6.94. The molecule has 0 saturated carbocycles. The zero-order valence-electron chi connectivity index (χ0n) is 12.6. The monoisotopic (exact) mass is 316 g/mol. The van der Waals surface area contributed by atoms with Crippen LogP contribution in [0.15, 0.2) is 18.2 Å². The standard InChI is InChI=1S/C17H17ClN2S/c1-9-5-6-13(7-10(9)2)8-14-19-16(18)15-11(3)12(4)21-17(15)20-14/h5-7H,8H2,1-4H3. The lowest BCUT2D eigenvalue weighted by atomic mass is 10.0. The number of hydrogen-bond donors (Lipinski definition) is 0. The Bertz CT molecular complexity index is 836. The second kappa shape index (κ2) is 5.39. The van der Waals surface area contributed by atoms with Crippen LogP contribution < -0.4 is 0 Å². The van der Waals surface area contributed by atoms with Gasteiger partial charge in [-0.1, -0.05) is 29.8 Å². The van der Waals surface area contributed by atoms with Gasteiger partial charge in [-0.3, -0.25) is 0 Å². The van der Waals surface area contributed by atoms with E-state index in [9.17, 15) is 0 Å². The summed E-state index contributed by atoms with van der Waals surface area (Å²) >= 11 is 8.05. The fourth-order valence-corrected chi connectivity index (χ4v) is 3.85. The molecule has 3 rings (SSSR count). The Morgan fingerprint density at radius 1 is 1.05 bits per heavy atom. The molecule has 2 aromatic heterocycles. The first-order valence-corrected chi connectivity index (χ1v) is 8.13. The fraction of sp³-hybridized carbons (Fsp3) is 0.294. The largest absolute Gasteiger partial charge is 0.222 e. The van der Waals surface area contributed by atoms with Crippen LogP contribution in [0.2, 0.25) is 5.15 Å². The Labute approximate surface area is 133 Å². The van der Waals surface area contributed by atoms with Crippen molar-refractivity contribution in [3.05, 3.63) is 56.3 Å². The van der Waals surface area contributed by atoms with E-state index in [-0.39, 0.29) is 0 Å². The van der Waals surface area contributed by atoms with Gasteiger partial charge in [-0.15, -0.1) is 11.3 Å². The van der Waals surface area contributed by atoms with E-state index < -0.39 is 0 Å². The van der Waals surface area contributed by atoms with Gasteiger partial charge < -0.3 is 0 Å². The molecule has 0 spiro atoms. The summed E-state index contributed by atoms with van der Waals surface area (Å²) in [7, 11) is 0. The van der Waals surface area contributed by atoms with Crippen molar-refractivity contribution in [3.63, 3.8) is 0 Å². The highest BCUT2D eigenvalue weighted by molar-refractivity contribution is 7.18. The van der Waals surface area contributed by atoms with Gasteiger partial charge in [0.1, 0.15) is 15.8 Å². The molecule has 21 heavy (non-hydrogen) atoms. The van der Waals surface area contributed by atoms with Crippen LogP contribution in [0, 0.1) is 27.7 Å². The molecule has 4 heteroatoms. The average Bonchev–Trinajstić information content (AvgIpc) is 2.70. The predicted molar refractivity (Wildman–Crippen MR) is 90.6 cm³/mol. The van der Waals surface area contributed by atoms with Crippen molar-refractivity contribution in [2.24, 2.45) is 0 Å². The lowest BCUT2D eigenvalue weighted by Gasteiger charge is -2.05. The molecule has 0 aliphatic rings. The van der Waals surface area contributed by atoms with Crippen molar-refractivity contribution < 1.29 is 0 Å². The summed E-state index contributed by atoms with van der Waals surface area (Å²) in [5.74, 6) is 0.789. The second-order valence-electron chi connectivity index (χ2n) is 5.49. The van der Waals surface area contributed by atoms with Crippen molar-refractivity contribution in [2.45, 2.75) is 34.1 Å². The molecule has 2 nitrogen and oxygen atoms in total. The zero-order chi connectivity index (χ0) is 15.1. The highest BCUT2D eigenvalue weighted by Gasteiger charge is 2.13. The third-order valence-electron chi connectivity index (χ3n) is 3.96. The molecule has 0 N–H and O–H groups in total. The number of rotatable bonds is 2. The molecule has 0 saturated heterocycles. The molecule has 0 aliphatic carbocycles. The van der Waals surface area contributed by atoms with Gasteiger partial charge >= 0.3 is 0 Å². The molecule has 0 aliphatic heterocycles. The molecule has 3 aromatic rings. The van der Waals surface area contributed by atoms with E-state index in [2.05, 4.69) is 55.9 Å². The van der Waals surface area contributed by atoms with Crippen molar-refractivity contribution in [3.8, 4) is 0 Å². The molecule has 0 bridgehead atoms. The van der Waals surface area contributed by atoms with Gasteiger partial charge in [0.25, 0.3) is 0 Å². The number of benzene rings is 1. The molecule has 2 heterocycles. The summed E-state index contributed by atoms with van der Waals surface area (Å²) in [5, 5.41) is 1.57. The lowest BCUT2D eigenvalue weighted by Crippen LogP contribution is -1.98. The van der Waals surface area contributed by atoms with Crippen LogP contribution in [0.5, 0.6) is 0 Å². The Kier molecular flexibility index (Phi) is 3.72. The van der Waals surface area contributed by atoms with E-state index in [1.807, 2.05) is 0 Å². The smallest absolute Gasteiger partial charge is 0.141 e. The minimum atomic E-state index is 0.570. The SMILES string of the molecule is Cc1ccc(Cc2nc(Cl)c3c(C)c(C)sc3n2)cc1C. The number of fused-ring (bicyclic) bond motifs is 1. The third kappa shape index (κ3) is 2.68. The summed E-state index contributed by atoms with van der Waals surface area (Å²) in [6, 6.07) is 6.47. The highest BCUT2D eigenvalue weighted by Crippen LogP contribution is 2.33. The molecule has 0 unspecified atom stereocenters. The van der Waals surface area contributed by atoms with Crippen LogP contribution >= 0.6 is 22.9 Å². The summed E-state index contributed by atoms with van der Waals surface area (Å²) in [5.41, 5.74) is 5.01. The van der Waals surface area contributed by atoms with Gasteiger partial charge in [-0.25, -0.2) is 9.97 Å². The van der Waals surface area contributed by atoms with Crippen LogP contribution in [-0.2, 0) is 6.42 Å². The Morgan fingerprint density at radius 2 is 1.81 bits per heavy atom. The number of thiophene rings is 1. The van der Waals surface area contributed by atoms with Gasteiger partial charge in [-0.2, -0.15) is 0 Å². The van der Waals surface area contributed by atoms with Crippen LogP contribution in [0.3, 0.4) is 0 Å². The maximum atomic E-state index is 6.36. The molecular weight excluding hydrogens is 300 g/mol. The topological polar surface area (TPSA) is 25.8 Å². The Hall–Kier alpha value is -1.45. The van der Waals surface area contributed by atoms with Crippen molar-refractivity contribution >= 4 is 33.2 Å². The van der Waals surface area contributed by atoms with E-state index in [1.54, 1.807) is 11.3 Å². The molecular formula is C17H17ClN2S. The van der Waals surface area contributed by atoms with Gasteiger partial charge in [-0.05, 0) is 49.9 Å². The Balaban J connectivity index is 2.03. The highest BCUT2D eigenvalue weighted by atomic mass is 35.5. The van der Waals surface area contributed by atoms with E-state index in [4.69, 9.17) is 11.6 Å². The first kappa shape index (κ1) is 14.5. The lowest BCUT2D eigenvalue weighted by molar-refractivity contribution is 0.993. The zero-order valence-corrected chi connectivity index (χ0v) is 14.2. The molecule has 1 aromatic carbocycles. The molecule has 0 radical (unpaired) electrons. The van der Waals surface area contributed by atoms with Crippen LogP contribution in [0.25, 0.3) is 10.2 Å². The minimum absolute atomic E-state index is 0.570. The number of nitrogens with zero attached hydrogens (tertiary/aromatic N) is 2. The van der Waals surface area contributed by atoms with Gasteiger partial charge in [0.05, 0.1) is 5.39 Å². The van der Waals surface area contributed by atoms with E-state index >= 15 is 0 Å².